The van der Waals surface area contributed by atoms with Gasteiger partial charge < -0.3 is 4.42 Å². The average Bonchev–Trinajstić information content (AvgIpc) is 2.88. The largest absolute Gasteiger partial charge is 0.457 e. The summed E-state index contributed by atoms with van der Waals surface area (Å²) in [5.74, 6) is 5.54. The van der Waals surface area contributed by atoms with Gasteiger partial charge in [0, 0.05) is 23.0 Å². The molecule has 1 saturated carbocycles. The first-order chi connectivity index (χ1) is 9.22. The van der Waals surface area contributed by atoms with Gasteiger partial charge in [-0.1, -0.05) is 18.5 Å². The summed E-state index contributed by atoms with van der Waals surface area (Å²) in [5, 5.41) is 0.572. The van der Waals surface area contributed by atoms with Gasteiger partial charge in [-0.2, -0.15) is 11.8 Å². The van der Waals surface area contributed by atoms with E-state index in [1.165, 1.54) is 6.42 Å². The maximum Gasteiger partial charge on any atom is 0.197 e. The SMILES string of the molecule is CC1CC1c1ccc(-c2nc(Cl)c3c(n2)CSC3)o1. The number of hydrogen-bond donors (Lipinski definition) is 0. The van der Waals surface area contributed by atoms with Crippen LogP contribution in [0.5, 0.6) is 0 Å². The lowest BCUT2D eigenvalue weighted by atomic mass is 10.2. The number of aromatic nitrogens is 2. The number of hydrogen-bond acceptors (Lipinski definition) is 4. The molecule has 0 bridgehead atoms. The molecule has 3 nitrogen and oxygen atoms in total. The smallest absolute Gasteiger partial charge is 0.197 e. The third-order valence-corrected chi connectivity index (χ3v) is 5.13. The molecule has 2 atom stereocenters. The molecule has 0 spiro atoms. The van der Waals surface area contributed by atoms with Crippen LogP contribution in [-0.2, 0) is 11.5 Å². The summed E-state index contributed by atoms with van der Waals surface area (Å²) in [6.45, 7) is 2.24. The highest BCUT2D eigenvalue weighted by Gasteiger charge is 2.36. The summed E-state index contributed by atoms with van der Waals surface area (Å²) in [6, 6.07) is 4.00. The topological polar surface area (TPSA) is 38.9 Å². The van der Waals surface area contributed by atoms with E-state index >= 15 is 0 Å². The summed E-state index contributed by atoms with van der Waals surface area (Å²) < 4.78 is 5.89. The number of nitrogens with zero attached hydrogens (tertiary/aromatic N) is 2. The van der Waals surface area contributed by atoms with Crippen LogP contribution in [0.1, 0.15) is 36.3 Å². The lowest BCUT2D eigenvalue weighted by Crippen LogP contribution is -1.96. The Labute approximate surface area is 120 Å². The predicted octanol–water partition coefficient (Wildman–Crippen LogP) is 4.26. The van der Waals surface area contributed by atoms with Crippen LogP contribution in [0.4, 0.5) is 0 Å². The van der Waals surface area contributed by atoms with Gasteiger partial charge in [0.2, 0.25) is 0 Å². The molecule has 1 fully saturated rings. The standard InChI is InChI=1S/C14H13ClN2OS/c1-7-4-8(7)11-2-3-12(18-11)14-16-10-6-19-5-9(10)13(15)17-14/h2-3,7-8H,4-6H2,1H3. The van der Waals surface area contributed by atoms with Crippen LogP contribution in [0.15, 0.2) is 16.5 Å². The van der Waals surface area contributed by atoms with Crippen LogP contribution in [0.3, 0.4) is 0 Å². The zero-order valence-corrected chi connectivity index (χ0v) is 12.1. The molecule has 0 aromatic carbocycles. The maximum atomic E-state index is 6.22. The molecule has 3 heterocycles. The molecule has 4 rings (SSSR count). The van der Waals surface area contributed by atoms with Crippen molar-refractivity contribution in [2.45, 2.75) is 30.8 Å². The van der Waals surface area contributed by atoms with Crippen molar-refractivity contribution in [2.24, 2.45) is 5.92 Å². The molecule has 2 aromatic rings. The van der Waals surface area contributed by atoms with Gasteiger partial charge in [0.1, 0.15) is 10.9 Å². The van der Waals surface area contributed by atoms with Gasteiger partial charge in [-0.3, -0.25) is 0 Å². The summed E-state index contributed by atoms with van der Waals surface area (Å²) in [4.78, 5) is 8.96. The average molecular weight is 293 g/mol. The lowest BCUT2D eigenvalue weighted by molar-refractivity contribution is 0.514. The Kier molecular flexibility index (Phi) is 2.64. The minimum atomic E-state index is 0.572. The van der Waals surface area contributed by atoms with Crippen molar-refractivity contribution in [1.82, 2.24) is 9.97 Å². The van der Waals surface area contributed by atoms with Crippen LogP contribution in [0.2, 0.25) is 5.15 Å². The molecular weight excluding hydrogens is 280 g/mol. The summed E-state index contributed by atoms with van der Waals surface area (Å²) in [6.07, 6.45) is 1.22. The minimum absolute atomic E-state index is 0.572. The molecule has 0 amide bonds. The molecule has 2 aromatic heterocycles. The highest BCUT2D eigenvalue weighted by Crippen LogP contribution is 2.48. The van der Waals surface area contributed by atoms with Gasteiger partial charge in [-0.15, -0.1) is 0 Å². The minimum Gasteiger partial charge on any atom is -0.457 e. The Balaban J connectivity index is 1.72. The number of rotatable bonds is 2. The third-order valence-electron chi connectivity index (χ3n) is 3.85. The van der Waals surface area contributed by atoms with Gasteiger partial charge >= 0.3 is 0 Å². The zero-order valence-electron chi connectivity index (χ0n) is 10.5. The maximum absolute atomic E-state index is 6.22. The van der Waals surface area contributed by atoms with Crippen LogP contribution in [-0.4, -0.2) is 9.97 Å². The van der Waals surface area contributed by atoms with Gasteiger partial charge in [0.15, 0.2) is 11.6 Å². The van der Waals surface area contributed by atoms with E-state index < -0.39 is 0 Å². The van der Waals surface area contributed by atoms with Gasteiger partial charge in [-0.05, 0) is 24.5 Å². The van der Waals surface area contributed by atoms with E-state index in [4.69, 9.17) is 16.0 Å². The fourth-order valence-corrected chi connectivity index (χ4v) is 3.89. The highest BCUT2D eigenvalue weighted by molar-refractivity contribution is 7.98. The van der Waals surface area contributed by atoms with Gasteiger partial charge in [-0.25, -0.2) is 9.97 Å². The fraction of sp³-hybridized carbons (Fsp3) is 0.429. The molecule has 0 saturated heterocycles. The van der Waals surface area contributed by atoms with Crippen LogP contribution in [0.25, 0.3) is 11.6 Å². The number of halogens is 1. The molecule has 0 radical (unpaired) electrons. The number of fused-ring (bicyclic) bond motifs is 1. The van der Waals surface area contributed by atoms with E-state index in [1.807, 2.05) is 23.9 Å². The highest BCUT2D eigenvalue weighted by atomic mass is 35.5. The van der Waals surface area contributed by atoms with E-state index in [2.05, 4.69) is 16.9 Å². The Morgan fingerprint density at radius 1 is 1.32 bits per heavy atom. The van der Waals surface area contributed by atoms with E-state index in [0.717, 1.165) is 40.2 Å². The van der Waals surface area contributed by atoms with Crippen molar-refractivity contribution in [3.63, 3.8) is 0 Å². The van der Waals surface area contributed by atoms with Crippen LogP contribution >= 0.6 is 23.4 Å². The van der Waals surface area contributed by atoms with E-state index in [9.17, 15) is 0 Å². The lowest BCUT2D eigenvalue weighted by Gasteiger charge is -2.02. The van der Waals surface area contributed by atoms with Crippen molar-refractivity contribution < 1.29 is 4.42 Å². The zero-order chi connectivity index (χ0) is 13.0. The van der Waals surface area contributed by atoms with Crippen LogP contribution in [0, 0.1) is 5.92 Å². The predicted molar refractivity (Wildman–Crippen MR) is 76.3 cm³/mol. The molecular formula is C14H13ClN2OS. The van der Waals surface area contributed by atoms with Crippen molar-refractivity contribution in [1.29, 1.82) is 0 Å². The molecule has 0 N–H and O–H groups in total. The monoisotopic (exact) mass is 292 g/mol. The summed E-state index contributed by atoms with van der Waals surface area (Å²) in [5.41, 5.74) is 2.13. The van der Waals surface area contributed by atoms with E-state index in [-0.39, 0.29) is 0 Å². The van der Waals surface area contributed by atoms with Crippen molar-refractivity contribution in [3.8, 4) is 11.6 Å². The van der Waals surface area contributed by atoms with Crippen LogP contribution < -0.4 is 0 Å². The Hall–Kier alpha value is -1.00. The molecule has 19 heavy (non-hydrogen) atoms. The van der Waals surface area contributed by atoms with E-state index in [0.29, 0.717) is 16.9 Å². The molecule has 5 heteroatoms. The normalized spacial score (nSPS) is 24.5. The molecule has 2 aliphatic rings. The molecule has 1 aliphatic heterocycles. The van der Waals surface area contributed by atoms with E-state index in [1.54, 1.807) is 0 Å². The first kappa shape index (κ1) is 11.8. The molecule has 1 aliphatic carbocycles. The first-order valence-corrected chi connectivity index (χ1v) is 7.99. The second-order valence-electron chi connectivity index (χ2n) is 5.28. The van der Waals surface area contributed by atoms with Crippen molar-refractivity contribution in [2.75, 3.05) is 0 Å². The second-order valence-corrected chi connectivity index (χ2v) is 6.62. The Morgan fingerprint density at radius 3 is 2.95 bits per heavy atom. The van der Waals surface area contributed by atoms with Crippen molar-refractivity contribution >= 4 is 23.4 Å². The quantitative estimate of drug-likeness (QED) is 0.775. The Bertz CT molecular complexity index is 655. The number of furan rings is 1. The van der Waals surface area contributed by atoms with Crippen molar-refractivity contribution in [3.05, 3.63) is 34.3 Å². The summed E-state index contributed by atoms with van der Waals surface area (Å²) in [7, 11) is 0. The summed E-state index contributed by atoms with van der Waals surface area (Å²) >= 11 is 8.05. The molecule has 2 unspecified atom stereocenters. The van der Waals surface area contributed by atoms with Gasteiger partial charge in [0.05, 0.1) is 5.69 Å². The Morgan fingerprint density at radius 2 is 2.16 bits per heavy atom. The molecule has 98 valence electrons. The second kappa shape index (κ2) is 4.25. The van der Waals surface area contributed by atoms with Gasteiger partial charge in [0.25, 0.3) is 0 Å². The third kappa shape index (κ3) is 1.98. The first-order valence-electron chi connectivity index (χ1n) is 6.45. The number of thioether (sulfide) groups is 1. The fourth-order valence-electron chi connectivity index (χ4n) is 2.51.